The van der Waals surface area contributed by atoms with Crippen molar-refractivity contribution in [1.29, 1.82) is 0 Å². The smallest absolute Gasteiger partial charge is 0.236 e. The Morgan fingerprint density at radius 2 is 2.08 bits per heavy atom. The van der Waals surface area contributed by atoms with Gasteiger partial charge in [0.25, 0.3) is 0 Å². The van der Waals surface area contributed by atoms with E-state index in [-0.39, 0.29) is 12.0 Å². The fraction of sp³-hybridized carbons (Fsp3) is 0.632. The molecule has 1 heterocycles. The number of likely N-dealkylation sites (tertiary alicyclic amines) is 1. The molecule has 0 spiro atoms. The van der Waals surface area contributed by atoms with Crippen LogP contribution in [-0.4, -0.2) is 65.7 Å². The van der Waals surface area contributed by atoms with Crippen molar-refractivity contribution in [2.75, 3.05) is 26.7 Å². The number of nitrogens with one attached hydrogen (secondary N) is 1. The number of carbonyl (C=O) groups is 1. The molecule has 5 nitrogen and oxygen atoms in total. The molecular weight excluding hydrogens is 302 g/mol. The van der Waals surface area contributed by atoms with E-state index in [4.69, 9.17) is 0 Å². The minimum absolute atomic E-state index is 0.131. The summed E-state index contributed by atoms with van der Waals surface area (Å²) < 4.78 is 0. The van der Waals surface area contributed by atoms with Crippen LogP contribution in [0.2, 0.25) is 0 Å². The lowest BCUT2D eigenvalue weighted by atomic mass is 10.1. The summed E-state index contributed by atoms with van der Waals surface area (Å²) in [7, 11) is 1.86. The molecule has 1 aromatic rings. The van der Waals surface area contributed by atoms with E-state index in [0.717, 1.165) is 31.5 Å². The molecule has 132 valence electrons. The van der Waals surface area contributed by atoms with Gasteiger partial charge in [-0.3, -0.25) is 9.69 Å². The number of nitrogens with zero attached hydrogens (tertiary/aromatic N) is 2. The molecule has 3 rings (SSSR count). The largest absolute Gasteiger partial charge is 0.392 e. The van der Waals surface area contributed by atoms with Crippen LogP contribution in [0.1, 0.15) is 31.2 Å². The van der Waals surface area contributed by atoms with Gasteiger partial charge in [-0.15, -0.1) is 0 Å². The Morgan fingerprint density at radius 3 is 2.79 bits per heavy atom. The average Bonchev–Trinajstić information content (AvgIpc) is 3.21. The average molecular weight is 331 g/mol. The monoisotopic (exact) mass is 331 g/mol. The van der Waals surface area contributed by atoms with Crippen LogP contribution in [0.25, 0.3) is 0 Å². The molecule has 1 saturated heterocycles. The quantitative estimate of drug-likeness (QED) is 0.823. The second-order valence-corrected chi connectivity index (χ2v) is 7.16. The van der Waals surface area contributed by atoms with Crippen molar-refractivity contribution < 1.29 is 9.90 Å². The number of hydrogen-bond donors (Lipinski definition) is 2. The van der Waals surface area contributed by atoms with Gasteiger partial charge in [0, 0.05) is 38.8 Å². The summed E-state index contributed by atoms with van der Waals surface area (Å²) in [4.78, 5) is 16.6. The molecule has 1 aliphatic carbocycles. The molecule has 1 aromatic carbocycles. The molecule has 24 heavy (non-hydrogen) atoms. The van der Waals surface area contributed by atoms with Crippen LogP contribution < -0.4 is 5.32 Å². The maximum atomic E-state index is 12.4. The molecule has 2 fully saturated rings. The van der Waals surface area contributed by atoms with E-state index in [1.807, 2.05) is 37.4 Å². The molecule has 3 atom stereocenters. The first kappa shape index (κ1) is 17.4. The van der Waals surface area contributed by atoms with Crippen molar-refractivity contribution in [2.45, 2.75) is 50.4 Å². The first-order chi connectivity index (χ1) is 11.6. The molecule has 1 aliphatic heterocycles. The van der Waals surface area contributed by atoms with Crippen LogP contribution >= 0.6 is 0 Å². The third-order valence-electron chi connectivity index (χ3n) is 5.35. The van der Waals surface area contributed by atoms with Gasteiger partial charge in [-0.25, -0.2) is 0 Å². The summed E-state index contributed by atoms with van der Waals surface area (Å²) in [5, 5.41) is 13.2. The zero-order valence-electron chi connectivity index (χ0n) is 14.5. The van der Waals surface area contributed by atoms with E-state index in [1.54, 1.807) is 4.90 Å². The van der Waals surface area contributed by atoms with Crippen molar-refractivity contribution in [3.8, 4) is 0 Å². The van der Waals surface area contributed by atoms with Crippen LogP contribution in [0.5, 0.6) is 0 Å². The van der Waals surface area contributed by atoms with E-state index in [2.05, 4.69) is 10.2 Å². The van der Waals surface area contributed by atoms with Crippen LogP contribution in [0.3, 0.4) is 0 Å². The Bertz CT molecular complexity index is 537. The van der Waals surface area contributed by atoms with E-state index in [9.17, 15) is 9.90 Å². The number of likely N-dealkylation sites (N-methyl/N-ethyl adjacent to an activating group) is 1. The fourth-order valence-electron chi connectivity index (χ4n) is 3.98. The minimum atomic E-state index is -0.176. The van der Waals surface area contributed by atoms with Crippen LogP contribution in [-0.2, 0) is 11.3 Å². The first-order valence-electron chi connectivity index (χ1n) is 9.07. The van der Waals surface area contributed by atoms with E-state index in [0.29, 0.717) is 25.2 Å². The summed E-state index contributed by atoms with van der Waals surface area (Å²) in [6, 6.07) is 10.9. The summed E-state index contributed by atoms with van der Waals surface area (Å²) >= 11 is 0. The van der Waals surface area contributed by atoms with Crippen molar-refractivity contribution in [1.82, 2.24) is 15.1 Å². The Hall–Kier alpha value is -1.43. The van der Waals surface area contributed by atoms with Crippen LogP contribution in [0, 0.1) is 0 Å². The van der Waals surface area contributed by atoms with Gasteiger partial charge in [-0.1, -0.05) is 36.8 Å². The summed E-state index contributed by atoms with van der Waals surface area (Å²) in [6.07, 6.45) is 4.18. The first-order valence-corrected chi connectivity index (χ1v) is 9.07. The van der Waals surface area contributed by atoms with Crippen LogP contribution in [0.15, 0.2) is 30.3 Å². The van der Waals surface area contributed by atoms with E-state index >= 15 is 0 Å². The van der Waals surface area contributed by atoms with Crippen molar-refractivity contribution in [3.05, 3.63) is 35.9 Å². The number of rotatable bonds is 6. The molecule has 1 saturated carbocycles. The highest BCUT2D eigenvalue weighted by molar-refractivity contribution is 5.78. The minimum Gasteiger partial charge on any atom is -0.392 e. The lowest BCUT2D eigenvalue weighted by Gasteiger charge is -2.30. The third-order valence-corrected chi connectivity index (χ3v) is 5.35. The number of β-amino-alcohol motifs (C(OH)–C–C–N with tert-alkyl or cyclic N) is 1. The van der Waals surface area contributed by atoms with Crippen molar-refractivity contribution in [2.24, 2.45) is 0 Å². The molecule has 2 aliphatic rings. The lowest BCUT2D eigenvalue weighted by molar-refractivity contribution is -0.129. The van der Waals surface area contributed by atoms with Gasteiger partial charge in [0.15, 0.2) is 0 Å². The highest BCUT2D eigenvalue weighted by atomic mass is 16.3. The number of carbonyl (C=O) groups excluding carboxylic acids is 1. The Labute approximate surface area is 144 Å². The number of aliphatic hydroxyl groups is 1. The van der Waals surface area contributed by atoms with E-state index in [1.165, 1.54) is 12.8 Å². The molecule has 0 aromatic heterocycles. The van der Waals surface area contributed by atoms with Gasteiger partial charge in [-0.2, -0.15) is 0 Å². The second kappa shape index (κ2) is 8.10. The molecule has 1 amide bonds. The summed E-state index contributed by atoms with van der Waals surface area (Å²) in [6.45, 7) is 2.80. The Kier molecular flexibility index (Phi) is 5.87. The van der Waals surface area contributed by atoms with Gasteiger partial charge < -0.3 is 15.3 Å². The van der Waals surface area contributed by atoms with Crippen LogP contribution in [0.4, 0.5) is 0 Å². The fourth-order valence-corrected chi connectivity index (χ4v) is 3.98. The Morgan fingerprint density at radius 1 is 1.29 bits per heavy atom. The predicted molar refractivity (Wildman–Crippen MR) is 94.5 cm³/mol. The molecule has 0 radical (unpaired) electrons. The maximum Gasteiger partial charge on any atom is 0.236 e. The van der Waals surface area contributed by atoms with Crippen molar-refractivity contribution >= 4 is 5.91 Å². The standard InChI is InChI=1S/C19H29N3O2/c1-21(13-15-6-3-2-4-7-15)19(24)12-20-17-8-5-9-18(17)22-11-10-16(23)14-22/h2-4,6-7,16-18,20,23H,5,8-14H2,1H3/t16?,17-,18+/m1/s1. The van der Waals surface area contributed by atoms with Gasteiger partial charge in [0.05, 0.1) is 12.6 Å². The van der Waals surface area contributed by atoms with Crippen molar-refractivity contribution in [3.63, 3.8) is 0 Å². The highest BCUT2D eigenvalue weighted by Crippen LogP contribution is 2.27. The highest BCUT2D eigenvalue weighted by Gasteiger charge is 2.35. The lowest BCUT2D eigenvalue weighted by Crippen LogP contribution is -2.49. The molecule has 5 heteroatoms. The molecule has 1 unspecified atom stereocenters. The third kappa shape index (κ3) is 4.35. The van der Waals surface area contributed by atoms with Gasteiger partial charge in [0.2, 0.25) is 5.91 Å². The second-order valence-electron chi connectivity index (χ2n) is 7.16. The maximum absolute atomic E-state index is 12.4. The zero-order valence-corrected chi connectivity index (χ0v) is 14.5. The SMILES string of the molecule is CN(Cc1ccccc1)C(=O)CN[C@@H]1CCC[C@@H]1N1CCC(O)C1. The van der Waals surface area contributed by atoms with E-state index < -0.39 is 0 Å². The number of amides is 1. The van der Waals surface area contributed by atoms with Gasteiger partial charge >= 0.3 is 0 Å². The number of aliphatic hydroxyl groups excluding tert-OH is 1. The summed E-state index contributed by atoms with van der Waals surface area (Å²) in [5.74, 6) is 0.131. The Balaban J connectivity index is 1.46. The number of hydrogen-bond acceptors (Lipinski definition) is 4. The molecule has 0 bridgehead atoms. The van der Waals surface area contributed by atoms with Gasteiger partial charge in [0.1, 0.15) is 0 Å². The predicted octanol–water partition coefficient (Wildman–Crippen LogP) is 1.22. The van der Waals surface area contributed by atoms with Gasteiger partial charge in [-0.05, 0) is 24.8 Å². The normalized spacial score (nSPS) is 27.5. The molecular formula is C19H29N3O2. The molecule has 2 N–H and O–H groups in total. The summed E-state index contributed by atoms with van der Waals surface area (Å²) in [5.41, 5.74) is 1.15. The topological polar surface area (TPSA) is 55.8 Å². The number of benzene rings is 1. The zero-order chi connectivity index (χ0) is 16.9.